The maximum absolute atomic E-state index is 11.6. The van der Waals surface area contributed by atoms with Gasteiger partial charge >= 0.3 is 5.97 Å². The monoisotopic (exact) mass is 236 g/mol. The second-order valence-corrected chi connectivity index (χ2v) is 3.61. The summed E-state index contributed by atoms with van der Waals surface area (Å²) in [5.74, 6) is -1.97. The Bertz CT molecular complexity index is 418. The third kappa shape index (κ3) is 3.29. The first-order valence-electron chi connectivity index (χ1n) is 5.41. The predicted molar refractivity (Wildman–Crippen MR) is 63.9 cm³/mol. The van der Waals surface area contributed by atoms with Crippen LogP contribution in [0.4, 0.5) is 0 Å². The molecular weight excluding hydrogens is 220 g/mol. The number of benzene rings is 1. The molecule has 5 heteroatoms. The molecule has 0 saturated heterocycles. The maximum atomic E-state index is 11.6. The quantitative estimate of drug-likeness (QED) is 0.696. The van der Waals surface area contributed by atoms with Crippen molar-refractivity contribution in [1.29, 1.82) is 0 Å². The van der Waals surface area contributed by atoms with Gasteiger partial charge in [0.25, 0.3) is 5.91 Å². The SMILES string of the molecule is CCNC(=O)c1cccc(C(CN)C(=O)O)c1. The highest BCUT2D eigenvalue weighted by molar-refractivity contribution is 5.94. The number of carbonyl (C=O) groups excluding carboxylic acids is 1. The van der Waals surface area contributed by atoms with Crippen LogP contribution in [0, 0.1) is 0 Å². The summed E-state index contributed by atoms with van der Waals surface area (Å²) in [5.41, 5.74) is 6.40. The summed E-state index contributed by atoms with van der Waals surface area (Å²) in [6.45, 7) is 2.36. The van der Waals surface area contributed by atoms with Gasteiger partial charge in [0.15, 0.2) is 0 Å². The van der Waals surface area contributed by atoms with E-state index in [4.69, 9.17) is 10.8 Å². The fourth-order valence-electron chi connectivity index (χ4n) is 1.54. The minimum Gasteiger partial charge on any atom is -0.481 e. The minimum atomic E-state index is -0.986. The van der Waals surface area contributed by atoms with Crippen LogP contribution in [0.3, 0.4) is 0 Å². The Hall–Kier alpha value is -1.88. The number of hydrogen-bond acceptors (Lipinski definition) is 3. The van der Waals surface area contributed by atoms with Gasteiger partial charge in [-0.05, 0) is 24.6 Å². The second kappa shape index (κ2) is 6.00. The van der Waals surface area contributed by atoms with Gasteiger partial charge in [-0.15, -0.1) is 0 Å². The highest BCUT2D eigenvalue weighted by Gasteiger charge is 2.18. The molecule has 1 aromatic rings. The molecule has 0 aromatic heterocycles. The smallest absolute Gasteiger partial charge is 0.312 e. The Morgan fingerprint density at radius 3 is 2.71 bits per heavy atom. The zero-order valence-corrected chi connectivity index (χ0v) is 9.64. The van der Waals surface area contributed by atoms with E-state index in [0.717, 1.165) is 0 Å². The zero-order chi connectivity index (χ0) is 12.8. The van der Waals surface area contributed by atoms with Crippen LogP contribution in [-0.2, 0) is 4.79 Å². The summed E-state index contributed by atoms with van der Waals surface area (Å²) in [5, 5.41) is 11.6. The Morgan fingerprint density at radius 2 is 2.18 bits per heavy atom. The van der Waals surface area contributed by atoms with Crippen molar-refractivity contribution < 1.29 is 14.7 Å². The summed E-state index contributed by atoms with van der Waals surface area (Å²) in [4.78, 5) is 22.5. The van der Waals surface area contributed by atoms with Crippen molar-refractivity contribution in [2.24, 2.45) is 5.73 Å². The lowest BCUT2D eigenvalue weighted by Gasteiger charge is -2.11. The van der Waals surface area contributed by atoms with Crippen LogP contribution in [0.25, 0.3) is 0 Å². The molecule has 0 aliphatic carbocycles. The second-order valence-electron chi connectivity index (χ2n) is 3.61. The molecule has 0 saturated carbocycles. The molecule has 1 amide bonds. The lowest BCUT2D eigenvalue weighted by Crippen LogP contribution is -2.24. The van der Waals surface area contributed by atoms with Gasteiger partial charge in [-0.2, -0.15) is 0 Å². The summed E-state index contributed by atoms with van der Waals surface area (Å²) < 4.78 is 0. The fraction of sp³-hybridized carbons (Fsp3) is 0.333. The third-order valence-corrected chi connectivity index (χ3v) is 2.42. The van der Waals surface area contributed by atoms with Crippen molar-refractivity contribution in [2.75, 3.05) is 13.1 Å². The number of hydrogen-bond donors (Lipinski definition) is 3. The van der Waals surface area contributed by atoms with Crippen LogP contribution in [0.1, 0.15) is 28.8 Å². The van der Waals surface area contributed by atoms with Gasteiger partial charge in [-0.3, -0.25) is 9.59 Å². The molecule has 0 heterocycles. The molecular formula is C12H16N2O3. The van der Waals surface area contributed by atoms with Gasteiger partial charge in [-0.1, -0.05) is 12.1 Å². The molecule has 0 fully saturated rings. The van der Waals surface area contributed by atoms with E-state index in [-0.39, 0.29) is 12.5 Å². The van der Waals surface area contributed by atoms with Crippen molar-refractivity contribution in [3.05, 3.63) is 35.4 Å². The summed E-state index contributed by atoms with van der Waals surface area (Å²) in [6.07, 6.45) is 0. The molecule has 0 aliphatic heterocycles. The molecule has 1 unspecified atom stereocenters. The van der Waals surface area contributed by atoms with E-state index in [1.54, 1.807) is 24.3 Å². The topological polar surface area (TPSA) is 92.4 Å². The molecule has 0 radical (unpaired) electrons. The van der Waals surface area contributed by atoms with Gasteiger partial charge in [0.2, 0.25) is 0 Å². The molecule has 0 spiro atoms. The van der Waals surface area contributed by atoms with Gasteiger partial charge in [0.1, 0.15) is 0 Å². The molecule has 4 N–H and O–H groups in total. The van der Waals surface area contributed by atoms with E-state index in [0.29, 0.717) is 17.7 Å². The Kier molecular flexibility index (Phi) is 4.66. The average molecular weight is 236 g/mol. The molecule has 0 bridgehead atoms. The van der Waals surface area contributed by atoms with E-state index in [9.17, 15) is 9.59 Å². The fourth-order valence-corrected chi connectivity index (χ4v) is 1.54. The van der Waals surface area contributed by atoms with Gasteiger partial charge < -0.3 is 16.2 Å². The Balaban J connectivity index is 2.99. The van der Waals surface area contributed by atoms with Crippen LogP contribution in [-0.4, -0.2) is 30.1 Å². The average Bonchev–Trinajstić information content (AvgIpc) is 2.30. The standard InChI is InChI=1S/C12H16N2O3/c1-2-14-11(15)9-5-3-4-8(6-9)10(7-13)12(16)17/h3-6,10H,2,7,13H2,1H3,(H,14,15)(H,16,17). The summed E-state index contributed by atoms with van der Waals surface area (Å²) >= 11 is 0. The highest BCUT2D eigenvalue weighted by atomic mass is 16.4. The number of carbonyl (C=O) groups is 2. The molecule has 17 heavy (non-hydrogen) atoms. The maximum Gasteiger partial charge on any atom is 0.312 e. The number of nitrogens with two attached hydrogens (primary N) is 1. The van der Waals surface area contributed by atoms with E-state index < -0.39 is 11.9 Å². The molecule has 1 aromatic carbocycles. The van der Waals surface area contributed by atoms with Crippen molar-refractivity contribution in [1.82, 2.24) is 5.32 Å². The first kappa shape index (κ1) is 13.2. The normalized spacial score (nSPS) is 11.9. The van der Waals surface area contributed by atoms with Crippen molar-refractivity contribution in [3.8, 4) is 0 Å². The molecule has 5 nitrogen and oxygen atoms in total. The summed E-state index contributed by atoms with van der Waals surface area (Å²) in [6, 6.07) is 6.53. The first-order chi connectivity index (χ1) is 8.10. The molecule has 1 atom stereocenters. The van der Waals surface area contributed by atoms with Crippen LogP contribution >= 0.6 is 0 Å². The van der Waals surface area contributed by atoms with Crippen molar-refractivity contribution >= 4 is 11.9 Å². The van der Waals surface area contributed by atoms with Gasteiger partial charge in [0.05, 0.1) is 5.92 Å². The lowest BCUT2D eigenvalue weighted by molar-refractivity contribution is -0.138. The lowest BCUT2D eigenvalue weighted by atomic mass is 9.97. The van der Waals surface area contributed by atoms with E-state index in [1.165, 1.54) is 0 Å². The van der Waals surface area contributed by atoms with E-state index in [2.05, 4.69) is 5.32 Å². The molecule has 1 rings (SSSR count). The number of nitrogens with one attached hydrogen (secondary N) is 1. The van der Waals surface area contributed by atoms with Gasteiger partial charge in [-0.25, -0.2) is 0 Å². The van der Waals surface area contributed by atoms with Gasteiger partial charge in [0, 0.05) is 18.7 Å². The predicted octanol–water partition coefficient (Wildman–Crippen LogP) is 0.563. The minimum absolute atomic E-state index is 0.00812. The Labute approximate surface area is 99.6 Å². The van der Waals surface area contributed by atoms with Crippen LogP contribution in [0.2, 0.25) is 0 Å². The van der Waals surface area contributed by atoms with Crippen molar-refractivity contribution in [3.63, 3.8) is 0 Å². The van der Waals surface area contributed by atoms with E-state index >= 15 is 0 Å². The first-order valence-corrected chi connectivity index (χ1v) is 5.41. The molecule has 92 valence electrons. The highest BCUT2D eigenvalue weighted by Crippen LogP contribution is 2.16. The molecule has 0 aliphatic rings. The number of carboxylic acids is 1. The zero-order valence-electron chi connectivity index (χ0n) is 9.64. The number of aliphatic carboxylic acids is 1. The Morgan fingerprint density at radius 1 is 1.47 bits per heavy atom. The third-order valence-electron chi connectivity index (χ3n) is 2.42. The number of carboxylic acid groups (broad SMARTS) is 1. The summed E-state index contributed by atoms with van der Waals surface area (Å²) in [7, 11) is 0. The number of amides is 1. The number of rotatable bonds is 5. The van der Waals surface area contributed by atoms with E-state index in [1.807, 2.05) is 6.92 Å². The van der Waals surface area contributed by atoms with Crippen LogP contribution in [0.15, 0.2) is 24.3 Å². The largest absolute Gasteiger partial charge is 0.481 e. The van der Waals surface area contributed by atoms with Crippen LogP contribution in [0.5, 0.6) is 0 Å². The van der Waals surface area contributed by atoms with Crippen molar-refractivity contribution in [2.45, 2.75) is 12.8 Å². The van der Waals surface area contributed by atoms with Crippen LogP contribution < -0.4 is 11.1 Å².